The zero-order chi connectivity index (χ0) is 22.2. The average molecular weight is 444 g/mol. The van der Waals surface area contributed by atoms with E-state index < -0.39 is 23.6 Å². The molecule has 0 aliphatic heterocycles. The molecule has 3 rings (SSSR count). The molecule has 3 aromatic rings. The van der Waals surface area contributed by atoms with Gasteiger partial charge in [0.15, 0.2) is 5.69 Å². The Hall–Kier alpha value is -2.88. The molecule has 2 heterocycles. The van der Waals surface area contributed by atoms with Crippen molar-refractivity contribution in [2.75, 3.05) is 5.32 Å². The highest BCUT2D eigenvalue weighted by atomic mass is 35.5. The van der Waals surface area contributed by atoms with E-state index in [1.165, 1.54) is 19.1 Å². The van der Waals surface area contributed by atoms with Crippen molar-refractivity contribution in [1.82, 2.24) is 19.6 Å². The Kier molecular flexibility index (Phi) is 5.89. The minimum Gasteiger partial charge on any atom is -0.321 e. The second kappa shape index (κ2) is 8.10. The van der Waals surface area contributed by atoms with Gasteiger partial charge in [-0.05, 0) is 44.5 Å². The van der Waals surface area contributed by atoms with Gasteiger partial charge in [-0.1, -0.05) is 17.7 Å². The quantitative estimate of drug-likeness (QED) is 0.590. The van der Waals surface area contributed by atoms with Crippen LogP contribution in [0.25, 0.3) is 0 Å². The highest BCUT2D eigenvalue weighted by Crippen LogP contribution is 2.28. The smallest absolute Gasteiger partial charge is 0.321 e. The molecular weight excluding hydrogens is 426 g/mol. The van der Waals surface area contributed by atoms with Crippen LogP contribution in [0, 0.1) is 26.6 Å². The summed E-state index contributed by atoms with van der Waals surface area (Å²) >= 11 is 6.06. The molecule has 0 saturated carbocycles. The molecule has 0 aliphatic carbocycles. The first kappa shape index (κ1) is 21.8. The van der Waals surface area contributed by atoms with Gasteiger partial charge in [0.2, 0.25) is 5.91 Å². The zero-order valence-electron chi connectivity index (χ0n) is 16.3. The minimum atomic E-state index is -4.58. The van der Waals surface area contributed by atoms with Crippen molar-refractivity contribution < 1.29 is 22.4 Å². The fourth-order valence-corrected chi connectivity index (χ4v) is 3.19. The SMILES string of the molecule is Cc1nn(Cc2ccc(F)cc2Cl)c(C)c1NC(=O)Cn1nc(C(F)(F)F)cc1C. The van der Waals surface area contributed by atoms with E-state index in [0.29, 0.717) is 22.6 Å². The van der Waals surface area contributed by atoms with Crippen molar-refractivity contribution in [3.8, 4) is 0 Å². The molecule has 0 unspecified atom stereocenters. The normalized spacial score (nSPS) is 11.7. The maximum Gasteiger partial charge on any atom is 0.435 e. The van der Waals surface area contributed by atoms with Crippen molar-refractivity contribution in [3.63, 3.8) is 0 Å². The van der Waals surface area contributed by atoms with Crippen molar-refractivity contribution in [1.29, 1.82) is 0 Å². The third-order valence-electron chi connectivity index (χ3n) is 4.55. The number of anilines is 1. The fourth-order valence-electron chi connectivity index (χ4n) is 2.97. The third-order valence-corrected chi connectivity index (χ3v) is 4.90. The molecule has 6 nitrogen and oxygen atoms in total. The molecule has 160 valence electrons. The summed E-state index contributed by atoms with van der Waals surface area (Å²) in [4.78, 5) is 12.4. The number of halogens is 5. The van der Waals surface area contributed by atoms with Crippen LogP contribution < -0.4 is 5.32 Å². The molecule has 1 aromatic carbocycles. The maximum atomic E-state index is 13.2. The van der Waals surface area contributed by atoms with Crippen LogP contribution in [0.1, 0.15) is 28.3 Å². The van der Waals surface area contributed by atoms with Crippen molar-refractivity contribution >= 4 is 23.2 Å². The number of amides is 1. The van der Waals surface area contributed by atoms with Gasteiger partial charge >= 0.3 is 6.18 Å². The van der Waals surface area contributed by atoms with E-state index in [-0.39, 0.29) is 23.8 Å². The highest BCUT2D eigenvalue weighted by Gasteiger charge is 2.34. The standard InChI is InChI=1S/C19H18ClF4N5O/c1-10-6-16(19(22,23)24)27-28(10)9-17(30)25-18-11(2)26-29(12(18)3)8-13-4-5-14(21)7-15(13)20/h4-7H,8-9H2,1-3H3,(H,25,30). The Balaban J connectivity index is 1.76. The van der Waals surface area contributed by atoms with Crippen LogP contribution in [0.2, 0.25) is 5.02 Å². The van der Waals surface area contributed by atoms with Gasteiger partial charge < -0.3 is 5.32 Å². The lowest BCUT2D eigenvalue weighted by molar-refractivity contribution is -0.141. The van der Waals surface area contributed by atoms with Gasteiger partial charge in [-0.25, -0.2) is 4.39 Å². The Bertz CT molecular complexity index is 1100. The first-order chi connectivity index (χ1) is 14.0. The number of aryl methyl sites for hydroxylation is 2. The lowest BCUT2D eigenvalue weighted by atomic mass is 10.2. The van der Waals surface area contributed by atoms with Gasteiger partial charge in [0.05, 0.1) is 23.6 Å². The second-order valence-electron chi connectivity index (χ2n) is 6.81. The molecule has 0 bridgehead atoms. The van der Waals surface area contributed by atoms with Crippen LogP contribution in [-0.2, 0) is 24.1 Å². The predicted octanol–water partition coefficient (Wildman–Crippen LogP) is 4.50. The first-order valence-corrected chi connectivity index (χ1v) is 9.23. The molecule has 11 heteroatoms. The lowest BCUT2D eigenvalue weighted by Crippen LogP contribution is -2.21. The maximum absolute atomic E-state index is 13.2. The number of alkyl halides is 3. The van der Waals surface area contributed by atoms with Crippen LogP contribution in [0.5, 0.6) is 0 Å². The van der Waals surface area contributed by atoms with E-state index in [2.05, 4.69) is 15.5 Å². The van der Waals surface area contributed by atoms with Gasteiger partial charge in [-0.2, -0.15) is 23.4 Å². The third kappa shape index (κ3) is 4.64. The molecule has 0 atom stereocenters. The molecule has 0 spiro atoms. The second-order valence-corrected chi connectivity index (χ2v) is 7.22. The molecule has 0 fully saturated rings. The number of benzene rings is 1. The van der Waals surface area contributed by atoms with Crippen molar-refractivity contribution in [3.05, 3.63) is 63.4 Å². The van der Waals surface area contributed by atoms with E-state index in [0.717, 1.165) is 10.7 Å². The first-order valence-electron chi connectivity index (χ1n) is 8.85. The van der Waals surface area contributed by atoms with Gasteiger partial charge in [0.25, 0.3) is 0 Å². The van der Waals surface area contributed by atoms with E-state index in [1.54, 1.807) is 24.6 Å². The summed E-state index contributed by atoms with van der Waals surface area (Å²) in [5.41, 5.74) is 1.39. The Morgan fingerprint density at radius 1 is 1.13 bits per heavy atom. The van der Waals surface area contributed by atoms with E-state index in [9.17, 15) is 22.4 Å². The number of carbonyl (C=O) groups is 1. The molecule has 2 aromatic heterocycles. The van der Waals surface area contributed by atoms with Crippen LogP contribution in [0.3, 0.4) is 0 Å². The predicted molar refractivity (Wildman–Crippen MR) is 103 cm³/mol. The fraction of sp³-hybridized carbons (Fsp3) is 0.316. The number of nitrogens with one attached hydrogen (secondary N) is 1. The average Bonchev–Trinajstić information content (AvgIpc) is 3.12. The number of nitrogens with zero attached hydrogens (tertiary/aromatic N) is 4. The minimum absolute atomic E-state index is 0.215. The Morgan fingerprint density at radius 2 is 1.83 bits per heavy atom. The molecule has 0 saturated heterocycles. The topological polar surface area (TPSA) is 64.7 Å². The van der Waals surface area contributed by atoms with Crippen molar-refractivity contribution in [2.45, 2.75) is 40.0 Å². The van der Waals surface area contributed by atoms with Crippen LogP contribution in [-0.4, -0.2) is 25.5 Å². The van der Waals surface area contributed by atoms with Gasteiger partial charge in [-0.3, -0.25) is 14.2 Å². The van der Waals surface area contributed by atoms with Crippen LogP contribution >= 0.6 is 11.6 Å². The molecule has 0 aliphatic rings. The Morgan fingerprint density at radius 3 is 2.43 bits per heavy atom. The Labute approximate surface area is 174 Å². The molecule has 1 N–H and O–H groups in total. The number of carbonyl (C=O) groups excluding carboxylic acids is 1. The highest BCUT2D eigenvalue weighted by molar-refractivity contribution is 6.31. The van der Waals surface area contributed by atoms with Gasteiger partial charge in [-0.15, -0.1) is 0 Å². The molecule has 0 radical (unpaired) electrons. The number of aromatic nitrogens is 4. The number of hydrogen-bond acceptors (Lipinski definition) is 3. The largest absolute Gasteiger partial charge is 0.435 e. The number of rotatable bonds is 5. The summed E-state index contributed by atoms with van der Waals surface area (Å²) in [6.45, 7) is 4.74. The molecule has 30 heavy (non-hydrogen) atoms. The summed E-state index contributed by atoms with van der Waals surface area (Å²) in [5.74, 6) is -0.992. The summed E-state index contributed by atoms with van der Waals surface area (Å²) < 4.78 is 54.2. The zero-order valence-corrected chi connectivity index (χ0v) is 17.1. The molecule has 1 amide bonds. The number of hydrogen-bond donors (Lipinski definition) is 1. The lowest BCUT2D eigenvalue weighted by Gasteiger charge is -2.09. The summed E-state index contributed by atoms with van der Waals surface area (Å²) in [6, 6.07) is 4.92. The summed E-state index contributed by atoms with van der Waals surface area (Å²) in [6.07, 6.45) is -4.58. The van der Waals surface area contributed by atoms with E-state index in [4.69, 9.17) is 11.6 Å². The van der Waals surface area contributed by atoms with Gasteiger partial charge in [0.1, 0.15) is 12.4 Å². The van der Waals surface area contributed by atoms with Crippen LogP contribution in [0.15, 0.2) is 24.3 Å². The van der Waals surface area contributed by atoms with E-state index in [1.807, 2.05) is 0 Å². The van der Waals surface area contributed by atoms with Crippen molar-refractivity contribution in [2.24, 2.45) is 0 Å². The van der Waals surface area contributed by atoms with E-state index >= 15 is 0 Å². The van der Waals surface area contributed by atoms with Crippen LogP contribution in [0.4, 0.5) is 23.2 Å². The van der Waals surface area contributed by atoms with Gasteiger partial charge in [0, 0.05) is 10.7 Å². The summed E-state index contributed by atoms with van der Waals surface area (Å²) in [5, 5.41) is 10.7. The monoisotopic (exact) mass is 443 g/mol. The summed E-state index contributed by atoms with van der Waals surface area (Å²) in [7, 11) is 0. The molecular formula is C19H18ClF4N5O.